The maximum atomic E-state index is 11.0. The van der Waals surface area contributed by atoms with E-state index in [-0.39, 0.29) is 5.56 Å². The molecule has 64 valence electrons. The highest BCUT2D eigenvalue weighted by atomic mass is 16.5. The van der Waals surface area contributed by atoms with Crippen LogP contribution in [0.4, 0.5) is 0 Å². The normalized spacial score (nSPS) is 9.42. The molecule has 0 saturated heterocycles. The summed E-state index contributed by atoms with van der Waals surface area (Å²) in [6, 6.07) is 2.71. The first-order valence-corrected chi connectivity index (χ1v) is 3.60. The third-order valence-electron chi connectivity index (χ3n) is 1.30. The molecule has 0 aliphatic heterocycles. The molecular formula is C8H9NO3. The summed E-state index contributed by atoms with van der Waals surface area (Å²) in [5.74, 6) is -0.422. The second-order valence-electron chi connectivity index (χ2n) is 2.16. The molecule has 0 aliphatic carbocycles. The summed E-state index contributed by atoms with van der Waals surface area (Å²) in [6.07, 6.45) is 1.33. The van der Waals surface area contributed by atoms with Crippen LogP contribution in [-0.2, 0) is 4.74 Å². The van der Waals surface area contributed by atoms with E-state index in [1.54, 1.807) is 6.92 Å². The largest absolute Gasteiger partial charge is 0.462 e. The minimum absolute atomic E-state index is 0.233. The summed E-state index contributed by atoms with van der Waals surface area (Å²) in [5.41, 5.74) is 0.125. The van der Waals surface area contributed by atoms with E-state index in [2.05, 4.69) is 4.98 Å². The molecule has 1 aromatic rings. The molecule has 0 amide bonds. The van der Waals surface area contributed by atoms with Crippen LogP contribution >= 0.6 is 0 Å². The van der Waals surface area contributed by atoms with Crippen LogP contribution in [0, 0.1) is 0 Å². The molecule has 1 aromatic heterocycles. The van der Waals surface area contributed by atoms with Gasteiger partial charge in [0.05, 0.1) is 12.2 Å². The van der Waals surface area contributed by atoms with E-state index in [4.69, 9.17) is 4.74 Å². The molecule has 1 heterocycles. The van der Waals surface area contributed by atoms with E-state index in [0.29, 0.717) is 12.2 Å². The summed E-state index contributed by atoms with van der Waals surface area (Å²) in [7, 11) is 0. The maximum absolute atomic E-state index is 11.0. The van der Waals surface area contributed by atoms with E-state index >= 15 is 0 Å². The Balaban J connectivity index is 2.82. The van der Waals surface area contributed by atoms with Gasteiger partial charge >= 0.3 is 5.97 Å². The van der Waals surface area contributed by atoms with Crippen molar-refractivity contribution >= 4 is 5.97 Å². The van der Waals surface area contributed by atoms with Crippen molar-refractivity contribution in [2.45, 2.75) is 6.92 Å². The highest BCUT2D eigenvalue weighted by molar-refractivity contribution is 5.88. The number of aromatic nitrogens is 1. The summed E-state index contributed by atoms with van der Waals surface area (Å²) in [5, 5.41) is 0. The van der Waals surface area contributed by atoms with Crippen LogP contribution in [0.3, 0.4) is 0 Å². The molecule has 0 radical (unpaired) electrons. The molecule has 0 bridgehead atoms. The molecule has 0 atom stereocenters. The minimum atomic E-state index is -0.422. The minimum Gasteiger partial charge on any atom is -0.462 e. The Labute approximate surface area is 69.2 Å². The van der Waals surface area contributed by atoms with Gasteiger partial charge in [0, 0.05) is 12.3 Å². The van der Waals surface area contributed by atoms with Crippen molar-refractivity contribution in [1.82, 2.24) is 4.98 Å². The van der Waals surface area contributed by atoms with Gasteiger partial charge in [0.2, 0.25) is 5.56 Å². The van der Waals surface area contributed by atoms with Crippen LogP contribution in [0.2, 0.25) is 0 Å². The monoisotopic (exact) mass is 167 g/mol. The molecule has 4 heteroatoms. The van der Waals surface area contributed by atoms with Crippen LogP contribution in [0.1, 0.15) is 17.3 Å². The van der Waals surface area contributed by atoms with Gasteiger partial charge in [-0.1, -0.05) is 0 Å². The lowest BCUT2D eigenvalue weighted by Crippen LogP contribution is -2.09. The van der Waals surface area contributed by atoms with E-state index in [1.807, 2.05) is 0 Å². The summed E-state index contributed by atoms with van der Waals surface area (Å²) < 4.78 is 4.71. The number of pyridine rings is 1. The van der Waals surface area contributed by atoms with Crippen molar-refractivity contribution < 1.29 is 9.53 Å². The van der Waals surface area contributed by atoms with Gasteiger partial charge in [-0.05, 0) is 13.0 Å². The molecule has 1 rings (SSSR count). The maximum Gasteiger partial charge on any atom is 0.339 e. The SMILES string of the molecule is CCOC(=O)c1ccc(=O)[nH]c1. The lowest BCUT2D eigenvalue weighted by atomic mass is 10.3. The molecule has 0 aromatic carbocycles. The van der Waals surface area contributed by atoms with Crippen molar-refractivity contribution in [2.75, 3.05) is 6.61 Å². The van der Waals surface area contributed by atoms with Gasteiger partial charge in [-0.25, -0.2) is 4.79 Å². The highest BCUT2D eigenvalue weighted by Gasteiger charge is 2.04. The van der Waals surface area contributed by atoms with E-state index in [1.165, 1.54) is 18.3 Å². The van der Waals surface area contributed by atoms with Gasteiger partial charge in [0.1, 0.15) is 0 Å². The van der Waals surface area contributed by atoms with E-state index in [9.17, 15) is 9.59 Å². The Bertz CT molecular complexity index is 309. The Morgan fingerprint density at radius 3 is 2.83 bits per heavy atom. The number of aromatic amines is 1. The fourth-order valence-electron chi connectivity index (χ4n) is 0.752. The Morgan fingerprint density at radius 1 is 1.58 bits per heavy atom. The van der Waals surface area contributed by atoms with Crippen molar-refractivity contribution in [2.24, 2.45) is 0 Å². The topological polar surface area (TPSA) is 59.2 Å². The predicted octanol–water partition coefficient (Wildman–Crippen LogP) is 0.552. The third-order valence-corrected chi connectivity index (χ3v) is 1.30. The number of rotatable bonds is 2. The molecular weight excluding hydrogens is 158 g/mol. The molecule has 4 nitrogen and oxygen atoms in total. The number of hydrogen-bond donors (Lipinski definition) is 1. The van der Waals surface area contributed by atoms with Crippen LogP contribution in [0.25, 0.3) is 0 Å². The first kappa shape index (κ1) is 8.52. The molecule has 0 spiro atoms. The van der Waals surface area contributed by atoms with Crippen LogP contribution < -0.4 is 5.56 Å². The predicted molar refractivity (Wildman–Crippen MR) is 43.0 cm³/mol. The van der Waals surface area contributed by atoms with Gasteiger partial charge in [-0.2, -0.15) is 0 Å². The zero-order valence-corrected chi connectivity index (χ0v) is 6.66. The molecule has 0 unspecified atom stereocenters. The molecule has 0 aliphatic rings. The zero-order chi connectivity index (χ0) is 8.97. The zero-order valence-electron chi connectivity index (χ0n) is 6.66. The van der Waals surface area contributed by atoms with Crippen molar-refractivity contribution in [3.63, 3.8) is 0 Å². The quantitative estimate of drug-likeness (QED) is 0.654. The number of carbonyl (C=O) groups excluding carboxylic acids is 1. The lowest BCUT2D eigenvalue weighted by molar-refractivity contribution is 0.0526. The highest BCUT2D eigenvalue weighted by Crippen LogP contribution is 1.95. The lowest BCUT2D eigenvalue weighted by Gasteiger charge is -1.99. The summed E-state index contributed by atoms with van der Waals surface area (Å²) >= 11 is 0. The fourth-order valence-corrected chi connectivity index (χ4v) is 0.752. The first-order valence-electron chi connectivity index (χ1n) is 3.60. The fraction of sp³-hybridized carbons (Fsp3) is 0.250. The van der Waals surface area contributed by atoms with Crippen LogP contribution in [0.15, 0.2) is 23.1 Å². The number of H-pyrrole nitrogens is 1. The number of carbonyl (C=O) groups is 1. The van der Waals surface area contributed by atoms with Crippen LogP contribution in [-0.4, -0.2) is 17.6 Å². The number of esters is 1. The first-order chi connectivity index (χ1) is 5.74. The Hall–Kier alpha value is -1.58. The third kappa shape index (κ3) is 1.95. The van der Waals surface area contributed by atoms with Gasteiger partial charge in [0.15, 0.2) is 0 Å². The van der Waals surface area contributed by atoms with Crippen molar-refractivity contribution in [3.05, 3.63) is 34.2 Å². The van der Waals surface area contributed by atoms with E-state index in [0.717, 1.165) is 0 Å². The summed E-state index contributed by atoms with van der Waals surface area (Å²) in [4.78, 5) is 24.0. The molecule has 1 N–H and O–H groups in total. The molecule has 0 saturated carbocycles. The second kappa shape index (κ2) is 3.71. The van der Waals surface area contributed by atoms with Gasteiger partial charge in [0.25, 0.3) is 0 Å². The number of hydrogen-bond acceptors (Lipinski definition) is 3. The van der Waals surface area contributed by atoms with Gasteiger partial charge < -0.3 is 9.72 Å². The van der Waals surface area contributed by atoms with Gasteiger partial charge in [-0.15, -0.1) is 0 Å². The van der Waals surface area contributed by atoms with Crippen LogP contribution in [0.5, 0.6) is 0 Å². The molecule has 0 fully saturated rings. The van der Waals surface area contributed by atoms with Crippen molar-refractivity contribution in [1.29, 1.82) is 0 Å². The average Bonchev–Trinajstić information content (AvgIpc) is 2.06. The Kier molecular flexibility index (Phi) is 2.63. The summed E-state index contributed by atoms with van der Waals surface area (Å²) in [6.45, 7) is 2.06. The van der Waals surface area contributed by atoms with Crippen molar-refractivity contribution in [3.8, 4) is 0 Å². The van der Waals surface area contributed by atoms with E-state index < -0.39 is 5.97 Å². The second-order valence-corrected chi connectivity index (χ2v) is 2.16. The number of ether oxygens (including phenoxy) is 1. The molecule has 12 heavy (non-hydrogen) atoms. The average molecular weight is 167 g/mol. The smallest absolute Gasteiger partial charge is 0.339 e. The van der Waals surface area contributed by atoms with Gasteiger partial charge in [-0.3, -0.25) is 4.79 Å². The standard InChI is InChI=1S/C8H9NO3/c1-2-12-8(11)6-3-4-7(10)9-5-6/h3-5H,2H2,1H3,(H,9,10). The number of nitrogens with one attached hydrogen (secondary N) is 1. The Morgan fingerprint density at radius 2 is 2.33 bits per heavy atom.